The first kappa shape index (κ1) is 12.1. The van der Waals surface area contributed by atoms with E-state index in [0.717, 1.165) is 5.56 Å². The molecule has 5 heteroatoms. The Balaban J connectivity index is 2.77. The number of carbonyl (C=O) groups is 1. The summed E-state index contributed by atoms with van der Waals surface area (Å²) >= 11 is 11.9. The molecule has 0 aliphatic carbocycles. The smallest absolute Gasteiger partial charge is 0.239 e. The van der Waals surface area contributed by atoms with E-state index in [9.17, 15) is 4.79 Å². The molecule has 82 valence electrons. The third kappa shape index (κ3) is 3.29. The number of amides is 1. The Labute approximate surface area is 98.8 Å². The summed E-state index contributed by atoms with van der Waals surface area (Å²) in [6.07, 6.45) is 0. The van der Waals surface area contributed by atoms with Crippen LogP contribution in [0.15, 0.2) is 12.1 Å². The zero-order valence-corrected chi connectivity index (χ0v) is 10.0. The molecule has 0 aromatic heterocycles. The molecule has 2 N–H and O–H groups in total. The van der Waals surface area contributed by atoms with Gasteiger partial charge in [-0.25, -0.2) is 0 Å². The number of likely N-dealkylation sites (N-methyl/N-ethyl adjacent to an activating group) is 1. The topological polar surface area (TPSA) is 41.1 Å². The van der Waals surface area contributed by atoms with Crippen molar-refractivity contribution < 1.29 is 4.79 Å². The van der Waals surface area contributed by atoms with Gasteiger partial charge in [0.1, 0.15) is 0 Å². The third-order valence-corrected chi connectivity index (χ3v) is 2.69. The van der Waals surface area contributed by atoms with Crippen LogP contribution in [0.3, 0.4) is 0 Å². The average Bonchev–Trinajstić information content (AvgIpc) is 2.21. The number of hydrogen-bond donors (Lipinski definition) is 2. The van der Waals surface area contributed by atoms with Crippen molar-refractivity contribution in [3.05, 3.63) is 27.7 Å². The van der Waals surface area contributed by atoms with Gasteiger partial charge in [0, 0.05) is 12.1 Å². The van der Waals surface area contributed by atoms with Crippen molar-refractivity contribution in [3.8, 4) is 0 Å². The number of benzene rings is 1. The van der Waals surface area contributed by atoms with Gasteiger partial charge in [-0.15, -0.1) is 0 Å². The molecule has 1 amide bonds. The van der Waals surface area contributed by atoms with Crippen molar-refractivity contribution in [2.24, 2.45) is 0 Å². The Morgan fingerprint density at radius 2 is 2.00 bits per heavy atom. The van der Waals surface area contributed by atoms with Gasteiger partial charge in [-0.05, 0) is 24.6 Å². The van der Waals surface area contributed by atoms with Crippen LogP contribution in [-0.4, -0.2) is 19.5 Å². The molecule has 0 heterocycles. The number of anilines is 1. The third-order valence-electron chi connectivity index (χ3n) is 1.97. The maximum atomic E-state index is 11.0. The van der Waals surface area contributed by atoms with Gasteiger partial charge in [0.2, 0.25) is 5.91 Å². The lowest BCUT2D eigenvalue weighted by Crippen LogP contribution is -2.26. The van der Waals surface area contributed by atoms with E-state index in [4.69, 9.17) is 23.2 Å². The van der Waals surface area contributed by atoms with Crippen LogP contribution in [0.2, 0.25) is 10.0 Å². The van der Waals surface area contributed by atoms with Gasteiger partial charge in [-0.2, -0.15) is 0 Å². The van der Waals surface area contributed by atoms with E-state index in [1.165, 1.54) is 0 Å². The zero-order valence-electron chi connectivity index (χ0n) is 8.53. The van der Waals surface area contributed by atoms with Gasteiger partial charge >= 0.3 is 0 Å². The van der Waals surface area contributed by atoms with Gasteiger partial charge in [0.25, 0.3) is 0 Å². The first-order valence-electron chi connectivity index (χ1n) is 4.44. The quantitative estimate of drug-likeness (QED) is 0.861. The van der Waals surface area contributed by atoms with Crippen LogP contribution in [0.4, 0.5) is 5.69 Å². The lowest BCUT2D eigenvalue weighted by molar-refractivity contribution is -0.118. The van der Waals surface area contributed by atoms with Crippen LogP contribution in [0.1, 0.15) is 5.56 Å². The van der Waals surface area contributed by atoms with Crippen molar-refractivity contribution >= 4 is 34.8 Å². The highest BCUT2D eigenvalue weighted by Crippen LogP contribution is 2.28. The van der Waals surface area contributed by atoms with E-state index in [2.05, 4.69) is 10.6 Å². The van der Waals surface area contributed by atoms with Crippen LogP contribution in [-0.2, 0) is 4.79 Å². The molecule has 15 heavy (non-hydrogen) atoms. The normalized spacial score (nSPS) is 9.87. The van der Waals surface area contributed by atoms with E-state index >= 15 is 0 Å². The second-order valence-electron chi connectivity index (χ2n) is 3.11. The molecular formula is C10H12Cl2N2O. The largest absolute Gasteiger partial charge is 0.375 e. The summed E-state index contributed by atoms with van der Waals surface area (Å²) in [4.78, 5) is 11.0. The molecular weight excluding hydrogens is 235 g/mol. The molecule has 0 saturated heterocycles. The average molecular weight is 247 g/mol. The molecule has 0 saturated carbocycles. The van der Waals surface area contributed by atoms with Crippen molar-refractivity contribution in [1.82, 2.24) is 5.32 Å². The van der Waals surface area contributed by atoms with E-state index in [-0.39, 0.29) is 12.5 Å². The van der Waals surface area contributed by atoms with Crippen LogP contribution in [0, 0.1) is 6.92 Å². The fourth-order valence-electron chi connectivity index (χ4n) is 1.05. The molecule has 0 unspecified atom stereocenters. The van der Waals surface area contributed by atoms with Crippen LogP contribution in [0.25, 0.3) is 0 Å². The van der Waals surface area contributed by atoms with E-state index in [0.29, 0.717) is 15.7 Å². The first-order valence-corrected chi connectivity index (χ1v) is 5.20. The summed E-state index contributed by atoms with van der Waals surface area (Å²) in [7, 11) is 1.58. The molecule has 0 fully saturated rings. The number of nitrogens with one attached hydrogen (secondary N) is 2. The number of rotatable bonds is 3. The number of halogens is 2. The SMILES string of the molecule is CNC(=O)CNc1cc(Cl)c(C)cc1Cl. The maximum Gasteiger partial charge on any atom is 0.239 e. The van der Waals surface area contributed by atoms with Crippen molar-refractivity contribution in [2.75, 3.05) is 18.9 Å². The minimum atomic E-state index is -0.109. The van der Waals surface area contributed by atoms with E-state index in [1.54, 1.807) is 19.2 Å². The Morgan fingerprint density at radius 1 is 1.33 bits per heavy atom. The summed E-state index contributed by atoms with van der Waals surface area (Å²) in [5.41, 5.74) is 1.57. The standard InChI is InChI=1S/C10H12Cl2N2O/c1-6-3-8(12)9(4-7(6)11)14-5-10(15)13-2/h3-4,14H,5H2,1-2H3,(H,13,15). The van der Waals surface area contributed by atoms with Crippen molar-refractivity contribution in [1.29, 1.82) is 0 Å². The second kappa shape index (κ2) is 5.24. The Kier molecular flexibility index (Phi) is 4.24. The highest BCUT2D eigenvalue weighted by atomic mass is 35.5. The Morgan fingerprint density at radius 3 is 2.60 bits per heavy atom. The maximum absolute atomic E-state index is 11.0. The Hall–Kier alpha value is -0.930. The lowest BCUT2D eigenvalue weighted by Gasteiger charge is -2.09. The molecule has 0 spiro atoms. The molecule has 3 nitrogen and oxygen atoms in total. The van der Waals surface area contributed by atoms with E-state index < -0.39 is 0 Å². The van der Waals surface area contributed by atoms with Crippen LogP contribution >= 0.6 is 23.2 Å². The zero-order chi connectivity index (χ0) is 11.4. The van der Waals surface area contributed by atoms with Gasteiger partial charge in [-0.1, -0.05) is 23.2 Å². The monoisotopic (exact) mass is 246 g/mol. The lowest BCUT2D eigenvalue weighted by atomic mass is 10.2. The molecule has 1 aromatic carbocycles. The van der Waals surface area contributed by atoms with Gasteiger partial charge in [0.05, 0.1) is 17.3 Å². The second-order valence-corrected chi connectivity index (χ2v) is 3.92. The minimum absolute atomic E-state index is 0.109. The van der Waals surface area contributed by atoms with Gasteiger partial charge in [-0.3, -0.25) is 4.79 Å². The van der Waals surface area contributed by atoms with Gasteiger partial charge in [0.15, 0.2) is 0 Å². The Bertz CT molecular complexity index is 380. The molecule has 0 radical (unpaired) electrons. The molecule has 1 aromatic rings. The van der Waals surface area contributed by atoms with Crippen molar-refractivity contribution in [3.63, 3.8) is 0 Å². The predicted octanol–water partition coefficient (Wildman–Crippen LogP) is 2.46. The highest BCUT2D eigenvalue weighted by Gasteiger charge is 2.05. The molecule has 0 aliphatic heterocycles. The van der Waals surface area contributed by atoms with Crippen molar-refractivity contribution in [2.45, 2.75) is 6.92 Å². The number of aryl methyl sites for hydroxylation is 1. The minimum Gasteiger partial charge on any atom is -0.375 e. The van der Waals surface area contributed by atoms with Crippen LogP contribution < -0.4 is 10.6 Å². The van der Waals surface area contributed by atoms with E-state index in [1.807, 2.05) is 6.92 Å². The summed E-state index contributed by atoms with van der Waals surface area (Å²) in [6.45, 7) is 2.05. The fraction of sp³-hybridized carbons (Fsp3) is 0.300. The summed E-state index contributed by atoms with van der Waals surface area (Å²) < 4.78 is 0. The first-order chi connectivity index (χ1) is 7.04. The molecule has 0 bridgehead atoms. The predicted molar refractivity (Wildman–Crippen MR) is 63.8 cm³/mol. The number of carbonyl (C=O) groups excluding carboxylic acids is 1. The molecule has 1 rings (SSSR count). The number of hydrogen-bond acceptors (Lipinski definition) is 2. The fourth-order valence-corrected chi connectivity index (χ4v) is 1.49. The summed E-state index contributed by atoms with van der Waals surface area (Å²) in [5, 5.41) is 6.59. The summed E-state index contributed by atoms with van der Waals surface area (Å²) in [5.74, 6) is -0.109. The van der Waals surface area contributed by atoms with Crippen LogP contribution in [0.5, 0.6) is 0 Å². The highest BCUT2D eigenvalue weighted by molar-refractivity contribution is 6.35. The molecule has 0 aliphatic rings. The van der Waals surface area contributed by atoms with Gasteiger partial charge < -0.3 is 10.6 Å². The summed E-state index contributed by atoms with van der Waals surface area (Å²) in [6, 6.07) is 3.47. The molecule has 0 atom stereocenters.